The first-order valence-corrected chi connectivity index (χ1v) is 4.61. The molecular formula is C11H13N3. The molecule has 14 heavy (non-hydrogen) atoms. The Hall–Kier alpha value is -1.64. The van der Waals surface area contributed by atoms with E-state index in [0.29, 0.717) is 0 Å². The Labute approximate surface area is 83.4 Å². The Morgan fingerprint density at radius 1 is 1.21 bits per heavy atom. The minimum absolute atomic E-state index is 0.935. The molecule has 2 aromatic rings. The molecule has 2 rings (SSSR count). The lowest BCUT2D eigenvalue weighted by atomic mass is 10.0. The molecule has 3 nitrogen and oxygen atoms in total. The van der Waals surface area contributed by atoms with Gasteiger partial charge in [0.05, 0.1) is 6.20 Å². The summed E-state index contributed by atoms with van der Waals surface area (Å²) in [6.45, 7) is 4.18. The van der Waals surface area contributed by atoms with Crippen LogP contribution in [0.3, 0.4) is 0 Å². The molecule has 0 atom stereocenters. The number of hydrogen-bond acceptors (Lipinski definition) is 2. The minimum Gasteiger partial charge on any atom is -0.255 e. The van der Waals surface area contributed by atoms with Crippen molar-refractivity contribution >= 4 is 0 Å². The molecule has 0 bridgehead atoms. The summed E-state index contributed by atoms with van der Waals surface area (Å²) in [5.74, 6) is 0. The van der Waals surface area contributed by atoms with Crippen LogP contribution in [-0.2, 0) is 7.05 Å². The van der Waals surface area contributed by atoms with Crippen LogP contribution in [0.2, 0.25) is 0 Å². The van der Waals surface area contributed by atoms with Crippen molar-refractivity contribution in [2.24, 2.45) is 7.05 Å². The molecule has 72 valence electrons. The molecule has 0 spiro atoms. The summed E-state index contributed by atoms with van der Waals surface area (Å²) in [7, 11) is 1.88. The number of hydrogen-bond donors (Lipinski definition) is 0. The van der Waals surface area contributed by atoms with Crippen molar-refractivity contribution in [3.8, 4) is 11.3 Å². The van der Waals surface area contributed by atoms with E-state index >= 15 is 0 Å². The second kappa shape index (κ2) is 3.25. The van der Waals surface area contributed by atoms with Crippen molar-refractivity contribution in [2.45, 2.75) is 13.8 Å². The van der Waals surface area contributed by atoms with E-state index in [1.54, 1.807) is 4.68 Å². The molecule has 0 saturated heterocycles. The zero-order chi connectivity index (χ0) is 10.1. The van der Waals surface area contributed by atoms with Crippen LogP contribution in [-0.4, -0.2) is 15.0 Å². The van der Waals surface area contributed by atoms with E-state index in [2.05, 4.69) is 42.4 Å². The molecule has 0 unspecified atom stereocenters. The first-order chi connectivity index (χ1) is 6.66. The lowest BCUT2D eigenvalue weighted by molar-refractivity contribution is 0.715. The summed E-state index contributed by atoms with van der Waals surface area (Å²) in [6.07, 6.45) is 1.93. The molecule has 0 fully saturated rings. The van der Waals surface area contributed by atoms with Crippen molar-refractivity contribution < 1.29 is 0 Å². The predicted octanol–water partition coefficient (Wildman–Crippen LogP) is 2.10. The molecule has 0 aliphatic heterocycles. The Kier molecular flexibility index (Phi) is 2.08. The SMILES string of the molecule is Cc1ccc(-c2cn(C)nn2)c(C)c1. The fourth-order valence-corrected chi connectivity index (χ4v) is 1.57. The van der Waals surface area contributed by atoms with Crippen LogP contribution in [0.4, 0.5) is 0 Å². The van der Waals surface area contributed by atoms with Gasteiger partial charge in [0.1, 0.15) is 5.69 Å². The highest BCUT2D eigenvalue weighted by atomic mass is 15.4. The molecule has 0 radical (unpaired) electrons. The van der Waals surface area contributed by atoms with Crippen LogP contribution in [0.15, 0.2) is 24.4 Å². The molecule has 1 heterocycles. The molecule has 1 aromatic heterocycles. The van der Waals surface area contributed by atoms with Gasteiger partial charge in [-0.05, 0) is 19.4 Å². The summed E-state index contributed by atoms with van der Waals surface area (Å²) in [4.78, 5) is 0. The lowest BCUT2D eigenvalue weighted by Gasteiger charge is -2.02. The summed E-state index contributed by atoms with van der Waals surface area (Å²) in [6, 6.07) is 6.34. The van der Waals surface area contributed by atoms with Gasteiger partial charge in [-0.2, -0.15) is 0 Å². The topological polar surface area (TPSA) is 30.7 Å². The van der Waals surface area contributed by atoms with Gasteiger partial charge in [0.15, 0.2) is 0 Å². The average molecular weight is 187 g/mol. The minimum atomic E-state index is 0.935. The molecule has 0 N–H and O–H groups in total. The molecule has 0 aliphatic rings. The van der Waals surface area contributed by atoms with Gasteiger partial charge in [0.25, 0.3) is 0 Å². The summed E-state index contributed by atoms with van der Waals surface area (Å²) < 4.78 is 1.72. The maximum atomic E-state index is 4.09. The van der Waals surface area contributed by atoms with E-state index in [4.69, 9.17) is 0 Å². The number of nitrogens with zero attached hydrogens (tertiary/aromatic N) is 3. The van der Waals surface area contributed by atoms with Crippen LogP contribution in [0.25, 0.3) is 11.3 Å². The second-order valence-corrected chi connectivity index (χ2v) is 3.60. The van der Waals surface area contributed by atoms with Crippen molar-refractivity contribution in [2.75, 3.05) is 0 Å². The maximum absolute atomic E-state index is 4.09. The third-order valence-corrected chi connectivity index (χ3v) is 2.26. The average Bonchev–Trinajstić information content (AvgIpc) is 2.51. The first kappa shape index (κ1) is 8.94. The Morgan fingerprint density at radius 3 is 2.57 bits per heavy atom. The fourth-order valence-electron chi connectivity index (χ4n) is 1.57. The molecule has 1 aromatic carbocycles. The van der Waals surface area contributed by atoms with Gasteiger partial charge in [-0.3, -0.25) is 4.68 Å². The number of aryl methyl sites for hydroxylation is 3. The van der Waals surface area contributed by atoms with Gasteiger partial charge < -0.3 is 0 Å². The highest BCUT2D eigenvalue weighted by Gasteiger charge is 2.04. The van der Waals surface area contributed by atoms with E-state index in [-0.39, 0.29) is 0 Å². The van der Waals surface area contributed by atoms with Crippen LogP contribution < -0.4 is 0 Å². The Balaban J connectivity index is 2.52. The van der Waals surface area contributed by atoms with E-state index in [1.807, 2.05) is 13.2 Å². The monoisotopic (exact) mass is 187 g/mol. The van der Waals surface area contributed by atoms with Gasteiger partial charge in [-0.15, -0.1) is 5.10 Å². The smallest absolute Gasteiger partial charge is 0.113 e. The van der Waals surface area contributed by atoms with E-state index in [9.17, 15) is 0 Å². The van der Waals surface area contributed by atoms with Gasteiger partial charge in [0.2, 0.25) is 0 Å². The van der Waals surface area contributed by atoms with Crippen LogP contribution >= 0.6 is 0 Å². The standard InChI is InChI=1S/C11H13N3/c1-8-4-5-10(9(2)6-8)11-7-14(3)13-12-11/h4-7H,1-3H3. The fraction of sp³-hybridized carbons (Fsp3) is 0.273. The third-order valence-electron chi connectivity index (χ3n) is 2.26. The van der Waals surface area contributed by atoms with Crippen LogP contribution in [0.5, 0.6) is 0 Å². The van der Waals surface area contributed by atoms with Crippen LogP contribution in [0.1, 0.15) is 11.1 Å². The number of benzene rings is 1. The van der Waals surface area contributed by atoms with Gasteiger partial charge in [0, 0.05) is 12.6 Å². The highest BCUT2D eigenvalue weighted by Crippen LogP contribution is 2.21. The largest absolute Gasteiger partial charge is 0.255 e. The Bertz CT molecular complexity index is 457. The van der Waals surface area contributed by atoms with Crippen molar-refractivity contribution in [1.29, 1.82) is 0 Å². The molecule has 0 saturated carbocycles. The second-order valence-electron chi connectivity index (χ2n) is 3.60. The summed E-state index contributed by atoms with van der Waals surface area (Å²) in [5.41, 5.74) is 4.61. The lowest BCUT2D eigenvalue weighted by Crippen LogP contribution is -1.85. The molecular weight excluding hydrogens is 174 g/mol. The van der Waals surface area contributed by atoms with Gasteiger partial charge in [-0.1, -0.05) is 29.0 Å². The van der Waals surface area contributed by atoms with Crippen LogP contribution in [0, 0.1) is 13.8 Å². The zero-order valence-corrected chi connectivity index (χ0v) is 8.65. The van der Waals surface area contributed by atoms with E-state index in [1.165, 1.54) is 11.1 Å². The predicted molar refractivity (Wildman–Crippen MR) is 55.9 cm³/mol. The Morgan fingerprint density at radius 2 is 2.00 bits per heavy atom. The first-order valence-electron chi connectivity index (χ1n) is 4.61. The van der Waals surface area contributed by atoms with Crippen molar-refractivity contribution in [3.63, 3.8) is 0 Å². The van der Waals surface area contributed by atoms with Gasteiger partial charge in [-0.25, -0.2) is 0 Å². The van der Waals surface area contributed by atoms with E-state index in [0.717, 1.165) is 11.3 Å². The van der Waals surface area contributed by atoms with Crippen molar-refractivity contribution in [3.05, 3.63) is 35.5 Å². The normalized spacial score (nSPS) is 10.5. The third kappa shape index (κ3) is 1.53. The number of aromatic nitrogens is 3. The van der Waals surface area contributed by atoms with Crippen molar-refractivity contribution in [1.82, 2.24) is 15.0 Å². The number of rotatable bonds is 1. The summed E-state index contributed by atoms with van der Waals surface area (Å²) in [5, 5.41) is 8.01. The maximum Gasteiger partial charge on any atom is 0.113 e. The molecule has 0 amide bonds. The molecule has 0 aliphatic carbocycles. The zero-order valence-electron chi connectivity index (χ0n) is 8.65. The van der Waals surface area contributed by atoms with E-state index < -0.39 is 0 Å². The van der Waals surface area contributed by atoms with Gasteiger partial charge >= 0.3 is 0 Å². The highest BCUT2D eigenvalue weighted by molar-refractivity contribution is 5.62. The summed E-state index contributed by atoms with van der Waals surface area (Å²) >= 11 is 0. The quantitative estimate of drug-likeness (QED) is 0.684. The molecule has 3 heteroatoms.